The lowest BCUT2D eigenvalue weighted by Gasteiger charge is -2.53. The molecule has 0 aromatic rings. The van der Waals surface area contributed by atoms with Crippen molar-refractivity contribution in [2.45, 2.75) is 65.4 Å². The molecular formula is C11H10F11I. The monoisotopic (exact) mass is 478 g/mol. The van der Waals surface area contributed by atoms with Crippen LogP contribution in [0.25, 0.3) is 0 Å². The molecule has 138 valence electrons. The zero-order valence-corrected chi connectivity index (χ0v) is 13.6. The number of halogens is 12. The van der Waals surface area contributed by atoms with Crippen molar-refractivity contribution in [2.24, 2.45) is 0 Å². The van der Waals surface area contributed by atoms with Crippen molar-refractivity contribution in [3.05, 3.63) is 0 Å². The van der Waals surface area contributed by atoms with Crippen molar-refractivity contribution in [1.82, 2.24) is 0 Å². The van der Waals surface area contributed by atoms with Gasteiger partial charge in [0.2, 0.25) is 0 Å². The molecule has 0 spiro atoms. The van der Waals surface area contributed by atoms with Crippen molar-refractivity contribution in [2.75, 3.05) is 0 Å². The van der Waals surface area contributed by atoms with Gasteiger partial charge >= 0.3 is 29.6 Å². The average Bonchev–Trinajstić information content (AvgIpc) is 2.35. The van der Waals surface area contributed by atoms with E-state index in [2.05, 4.69) is 0 Å². The molecule has 0 radical (unpaired) electrons. The molecule has 0 heterocycles. The Hall–Kier alpha value is -0.0400. The van der Waals surface area contributed by atoms with E-state index in [1.165, 1.54) is 6.92 Å². The minimum Gasteiger partial charge on any atom is -0.230 e. The van der Waals surface area contributed by atoms with E-state index in [1.807, 2.05) is 0 Å². The van der Waals surface area contributed by atoms with E-state index >= 15 is 0 Å². The Morgan fingerprint density at radius 2 is 0.913 bits per heavy atom. The van der Waals surface area contributed by atoms with Gasteiger partial charge in [-0.05, 0) is 6.42 Å². The fourth-order valence-corrected chi connectivity index (χ4v) is 2.67. The van der Waals surface area contributed by atoms with Gasteiger partial charge in [-0.3, -0.25) is 0 Å². The van der Waals surface area contributed by atoms with Gasteiger partial charge in [-0.25, -0.2) is 4.39 Å². The highest BCUT2D eigenvalue weighted by Crippen LogP contribution is 2.71. The highest BCUT2D eigenvalue weighted by molar-refractivity contribution is 14.1. The third-order valence-electron chi connectivity index (χ3n) is 3.92. The van der Waals surface area contributed by atoms with E-state index in [9.17, 15) is 48.3 Å². The minimum absolute atomic E-state index is 0.348. The third kappa shape index (κ3) is 2.21. The van der Waals surface area contributed by atoms with Crippen LogP contribution in [-0.2, 0) is 0 Å². The molecule has 1 atom stereocenters. The second-order valence-electron chi connectivity index (χ2n) is 5.62. The van der Waals surface area contributed by atoms with Crippen LogP contribution in [0.15, 0.2) is 0 Å². The normalized spacial score (nSPS) is 32.1. The number of hydrogen-bond donors (Lipinski definition) is 0. The lowest BCUT2D eigenvalue weighted by molar-refractivity contribution is -0.486. The molecule has 1 saturated carbocycles. The molecular weight excluding hydrogens is 468 g/mol. The topological polar surface area (TPSA) is 0 Å². The van der Waals surface area contributed by atoms with E-state index in [0.29, 0.717) is 0 Å². The maximum Gasteiger partial charge on any atom is 0.384 e. The summed E-state index contributed by atoms with van der Waals surface area (Å²) in [6, 6.07) is 0. The van der Waals surface area contributed by atoms with Gasteiger partial charge in [-0.15, -0.1) is 0 Å². The zero-order valence-electron chi connectivity index (χ0n) is 11.4. The van der Waals surface area contributed by atoms with E-state index in [0.717, 1.165) is 29.5 Å². The first-order valence-electron chi connectivity index (χ1n) is 6.04. The smallest absolute Gasteiger partial charge is 0.230 e. The van der Waals surface area contributed by atoms with Gasteiger partial charge in [0.05, 0.1) is 0 Å². The fourth-order valence-electron chi connectivity index (χ4n) is 2.14. The van der Waals surface area contributed by atoms with Crippen LogP contribution in [0.1, 0.15) is 26.7 Å². The lowest BCUT2D eigenvalue weighted by atomic mass is 9.68. The summed E-state index contributed by atoms with van der Waals surface area (Å²) in [5.41, 5.74) is -5.87. The van der Waals surface area contributed by atoms with Crippen molar-refractivity contribution < 1.29 is 48.3 Å². The molecule has 1 unspecified atom stereocenters. The Morgan fingerprint density at radius 3 is 1.17 bits per heavy atom. The maximum atomic E-state index is 14.3. The summed E-state index contributed by atoms with van der Waals surface area (Å²) in [4.78, 5) is 0. The molecule has 0 aromatic carbocycles. The molecule has 0 saturated heterocycles. The summed E-state index contributed by atoms with van der Waals surface area (Å²) in [7, 11) is 0. The van der Waals surface area contributed by atoms with Crippen LogP contribution in [0.4, 0.5) is 48.3 Å². The van der Waals surface area contributed by atoms with Crippen LogP contribution in [-0.4, -0.2) is 38.7 Å². The molecule has 0 amide bonds. The Balaban J connectivity index is 3.75. The predicted molar refractivity (Wildman–Crippen MR) is 65.9 cm³/mol. The van der Waals surface area contributed by atoms with E-state index in [4.69, 9.17) is 0 Å². The molecule has 1 aliphatic rings. The van der Waals surface area contributed by atoms with Gasteiger partial charge in [0.25, 0.3) is 5.67 Å². The SMILES string of the molecule is CCC(C)(I)CC1(F)C(F)(F)C(F)(F)C(F)(F)C(F)(F)C1(F)F. The van der Waals surface area contributed by atoms with E-state index in [-0.39, 0.29) is 6.42 Å². The predicted octanol–water partition coefficient (Wildman–Crippen LogP) is 5.88. The van der Waals surface area contributed by atoms with E-state index < -0.39 is 45.1 Å². The first-order valence-corrected chi connectivity index (χ1v) is 7.11. The molecule has 0 nitrogen and oxygen atoms in total. The lowest BCUT2D eigenvalue weighted by Crippen LogP contribution is -2.84. The second kappa shape index (κ2) is 4.99. The van der Waals surface area contributed by atoms with Crippen LogP contribution in [0.5, 0.6) is 0 Å². The summed E-state index contributed by atoms with van der Waals surface area (Å²) in [5, 5.41) is 0. The molecule has 1 fully saturated rings. The molecule has 0 aromatic heterocycles. The van der Waals surface area contributed by atoms with Crippen LogP contribution >= 0.6 is 22.6 Å². The average molecular weight is 478 g/mol. The summed E-state index contributed by atoms with van der Waals surface area (Å²) < 4.78 is 146. The highest BCUT2D eigenvalue weighted by Gasteiger charge is 3.00. The Kier molecular flexibility index (Phi) is 4.56. The number of alkyl halides is 12. The van der Waals surface area contributed by atoms with Crippen molar-refractivity contribution in [1.29, 1.82) is 0 Å². The molecule has 1 aliphatic carbocycles. The quantitative estimate of drug-likeness (QED) is 0.270. The largest absolute Gasteiger partial charge is 0.384 e. The summed E-state index contributed by atoms with van der Waals surface area (Å²) >= 11 is 1.13. The fraction of sp³-hybridized carbons (Fsp3) is 1.00. The molecule has 23 heavy (non-hydrogen) atoms. The molecule has 0 N–H and O–H groups in total. The Morgan fingerprint density at radius 1 is 0.652 bits per heavy atom. The van der Waals surface area contributed by atoms with Crippen molar-refractivity contribution in [3.63, 3.8) is 0 Å². The van der Waals surface area contributed by atoms with Gasteiger partial charge < -0.3 is 0 Å². The number of hydrogen-bond acceptors (Lipinski definition) is 0. The van der Waals surface area contributed by atoms with Gasteiger partial charge in [0.15, 0.2) is 0 Å². The van der Waals surface area contributed by atoms with Gasteiger partial charge in [0.1, 0.15) is 0 Å². The van der Waals surface area contributed by atoms with Gasteiger partial charge in [-0.1, -0.05) is 36.4 Å². The minimum atomic E-state index is -7.14. The van der Waals surface area contributed by atoms with Crippen LogP contribution in [0.3, 0.4) is 0 Å². The molecule has 1 rings (SSSR count). The van der Waals surface area contributed by atoms with Gasteiger partial charge in [0, 0.05) is 9.84 Å². The highest BCUT2D eigenvalue weighted by atomic mass is 127. The summed E-state index contributed by atoms with van der Waals surface area (Å²) in [5.74, 6) is -34.6. The van der Waals surface area contributed by atoms with Crippen LogP contribution in [0, 0.1) is 0 Å². The van der Waals surface area contributed by atoms with Crippen molar-refractivity contribution >= 4 is 22.6 Å². The van der Waals surface area contributed by atoms with Crippen LogP contribution in [0.2, 0.25) is 0 Å². The first kappa shape index (κ1) is 21.0. The first-order chi connectivity index (χ1) is 9.77. The summed E-state index contributed by atoms with van der Waals surface area (Å²) in [6.45, 7) is 2.03. The zero-order chi connectivity index (χ0) is 18.9. The second-order valence-corrected chi connectivity index (χ2v) is 8.22. The third-order valence-corrected chi connectivity index (χ3v) is 5.07. The maximum absolute atomic E-state index is 14.3. The Bertz CT molecular complexity index is 452. The standard InChI is InChI=1S/C11H10F11I/c1-3-5(2,23)4-6(12)7(13,14)9(17,18)11(21,22)10(19,20)8(6,15)16/h3-4H2,1-2H3. The van der Waals surface area contributed by atoms with Crippen molar-refractivity contribution in [3.8, 4) is 0 Å². The van der Waals surface area contributed by atoms with E-state index in [1.54, 1.807) is 0 Å². The number of rotatable bonds is 3. The van der Waals surface area contributed by atoms with Gasteiger partial charge in [-0.2, -0.15) is 43.9 Å². The Labute approximate surface area is 136 Å². The molecule has 0 bridgehead atoms. The molecule has 12 heteroatoms. The molecule has 0 aliphatic heterocycles. The summed E-state index contributed by atoms with van der Waals surface area (Å²) in [6.07, 6.45) is -2.53. The van der Waals surface area contributed by atoms with Crippen LogP contribution < -0.4 is 0 Å².